The van der Waals surface area contributed by atoms with Crippen molar-refractivity contribution in [1.82, 2.24) is 15.0 Å². The first-order chi connectivity index (χ1) is 11.2. The first-order valence-corrected chi connectivity index (χ1v) is 7.49. The van der Waals surface area contributed by atoms with Gasteiger partial charge >= 0.3 is 0 Å². The summed E-state index contributed by atoms with van der Waals surface area (Å²) in [7, 11) is 0. The second-order valence-corrected chi connectivity index (χ2v) is 5.61. The van der Waals surface area contributed by atoms with Crippen LogP contribution in [0.1, 0.15) is 5.56 Å². The van der Waals surface area contributed by atoms with Gasteiger partial charge in [-0.25, -0.2) is 14.4 Å². The van der Waals surface area contributed by atoms with Crippen molar-refractivity contribution in [2.45, 2.75) is 6.54 Å². The van der Waals surface area contributed by atoms with E-state index in [1.54, 1.807) is 6.07 Å². The molecule has 0 bridgehead atoms. The average Bonchev–Trinajstić information content (AvgIpc) is 2.93. The zero-order valence-corrected chi connectivity index (χ0v) is 12.7. The van der Waals surface area contributed by atoms with E-state index in [9.17, 15) is 4.39 Å². The van der Waals surface area contributed by atoms with E-state index >= 15 is 0 Å². The first kappa shape index (κ1) is 14.0. The fourth-order valence-corrected chi connectivity index (χ4v) is 2.82. The Morgan fingerprint density at radius 1 is 1.13 bits per heavy atom. The number of aromatic amines is 1. The lowest BCUT2D eigenvalue weighted by Gasteiger charge is -2.07. The maximum Gasteiger partial charge on any atom is 0.154 e. The predicted octanol–water partition coefficient (Wildman–Crippen LogP) is 4.52. The lowest BCUT2D eigenvalue weighted by atomic mass is 10.2. The van der Waals surface area contributed by atoms with E-state index in [1.165, 1.54) is 18.5 Å². The number of H-pyrrole nitrogens is 1. The summed E-state index contributed by atoms with van der Waals surface area (Å²) in [6, 6.07) is 12.2. The molecule has 2 aromatic heterocycles. The molecule has 0 aliphatic rings. The fourth-order valence-electron chi connectivity index (χ4n) is 2.62. The minimum absolute atomic E-state index is 0.289. The second kappa shape index (κ2) is 5.52. The Balaban J connectivity index is 1.75. The number of hydrogen-bond acceptors (Lipinski definition) is 3. The fraction of sp³-hybridized carbons (Fsp3) is 0.0588. The van der Waals surface area contributed by atoms with E-state index in [2.05, 4.69) is 20.3 Å². The molecule has 0 aliphatic heterocycles. The predicted molar refractivity (Wildman–Crippen MR) is 90.1 cm³/mol. The van der Waals surface area contributed by atoms with Crippen molar-refractivity contribution in [1.29, 1.82) is 0 Å². The number of fused-ring (bicyclic) bond motifs is 3. The van der Waals surface area contributed by atoms with Gasteiger partial charge in [-0.15, -0.1) is 0 Å². The highest BCUT2D eigenvalue weighted by atomic mass is 35.5. The molecular weight excluding hydrogens is 315 g/mol. The van der Waals surface area contributed by atoms with Crippen LogP contribution in [0, 0.1) is 5.82 Å². The van der Waals surface area contributed by atoms with Crippen LogP contribution in [0.25, 0.3) is 21.9 Å². The van der Waals surface area contributed by atoms with Crippen LogP contribution in [0.15, 0.2) is 48.8 Å². The molecule has 0 saturated heterocycles. The number of nitrogens with one attached hydrogen (secondary N) is 2. The largest absolute Gasteiger partial charge is 0.364 e. The third-order valence-corrected chi connectivity index (χ3v) is 4.12. The molecule has 2 heterocycles. The Kier molecular flexibility index (Phi) is 3.35. The second-order valence-electron chi connectivity index (χ2n) is 5.21. The van der Waals surface area contributed by atoms with Gasteiger partial charge in [0.2, 0.25) is 0 Å². The van der Waals surface area contributed by atoms with E-state index in [-0.39, 0.29) is 5.82 Å². The van der Waals surface area contributed by atoms with Gasteiger partial charge in [0.1, 0.15) is 23.2 Å². The molecule has 2 N–H and O–H groups in total. The van der Waals surface area contributed by atoms with E-state index < -0.39 is 0 Å². The molecular formula is C17H12ClFN4. The van der Waals surface area contributed by atoms with Crippen LogP contribution < -0.4 is 5.32 Å². The standard InChI is InChI=1S/C17H12ClFN4/c18-13-4-2-1-3-10(13)8-20-17-16-15(21-9-22-17)12-7-11(19)5-6-14(12)23-16/h1-7,9,23H,8H2,(H,20,21,22). The van der Waals surface area contributed by atoms with E-state index in [0.29, 0.717) is 22.9 Å². The number of hydrogen-bond donors (Lipinski definition) is 2. The molecule has 0 unspecified atom stereocenters. The van der Waals surface area contributed by atoms with Crippen molar-refractivity contribution in [2.75, 3.05) is 5.32 Å². The molecule has 0 aliphatic carbocycles. The van der Waals surface area contributed by atoms with Crippen molar-refractivity contribution >= 4 is 39.4 Å². The van der Waals surface area contributed by atoms with Gasteiger partial charge in [0.25, 0.3) is 0 Å². The third-order valence-electron chi connectivity index (χ3n) is 3.75. The Labute approximate surface area is 136 Å². The third kappa shape index (κ3) is 2.49. The molecule has 0 amide bonds. The quantitative estimate of drug-likeness (QED) is 0.582. The van der Waals surface area contributed by atoms with Crippen molar-refractivity contribution in [2.24, 2.45) is 0 Å². The summed E-state index contributed by atoms with van der Waals surface area (Å²) >= 11 is 6.17. The van der Waals surface area contributed by atoms with Gasteiger partial charge < -0.3 is 10.3 Å². The summed E-state index contributed by atoms with van der Waals surface area (Å²) in [5.41, 5.74) is 3.24. The van der Waals surface area contributed by atoms with Crippen LogP contribution in [-0.2, 0) is 6.54 Å². The van der Waals surface area contributed by atoms with Crippen molar-refractivity contribution in [3.05, 3.63) is 65.2 Å². The smallest absolute Gasteiger partial charge is 0.154 e. The lowest BCUT2D eigenvalue weighted by Crippen LogP contribution is -2.02. The van der Waals surface area contributed by atoms with Gasteiger partial charge in [0.15, 0.2) is 5.82 Å². The molecule has 0 fully saturated rings. The maximum absolute atomic E-state index is 13.5. The zero-order valence-electron chi connectivity index (χ0n) is 12.0. The highest BCUT2D eigenvalue weighted by Gasteiger charge is 2.11. The van der Waals surface area contributed by atoms with Gasteiger partial charge in [-0.3, -0.25) is 0 Å². The van der Waals surface area contributed by atoms with Crippen molar-refractivity contribution in [3.63, 3.8) is 0 Å². The summed E-state index contributed by atoms with van der Waals surface area (Å²) in [6.45, 7) is 0.537. The summed E-state index contributed by atoms with van der Waals surface area (Å²) in [5.74, 6) is 0.370. The molecule has 0 atom stereocenters. The summed E-state index contributed by atoms with van der Waals surface area (Å²) in [6.07, 6.45) is 1.47. The molecule has 114 valence electrons. The van der Waals surface area contributed by atoms with Crippen molar-refractivity contribution in [3.8, 4) is 0 Å². The Morgan fingerprint density at radius 2 is 2.00 bits per heavy atom. The molecule has 0 radical (unpaired) electrons. The van der Waals surface area contributed by atoms with Gasteiger partial charge in [-0.05, 0) is 29.8 Å². The Hall–Kier alpha value is -2.66. The number of anilines is 1. The van der Waals surface area contributed by atoms with Crippen LogP contribution in [0.5, 0.6) is 0 Å². The normalized spacial score (nSPS) is 11.2. The molecule has 4 nitrogen and oxygen atoms in total. The molecule has 6 heteroatoms. The minimum Gasteiger partial charge on any atom is -0.364 e. The van der Waals surface area contributed by atoms with Crippen LogP contribution in [-0.4, -0.2) is 15.0 Å². The molecule has 23 heavy (non-hydrogen) atoms. The van der Waals surface area contributed by atoms with Crippen LogP contribution in [0.4, 0.5) is 10.2 Å². The van der Waals surface area contributed by atoms with Gasteiger partial charge in [-0.2, -0.15) is 0 Å². The number of benzene rings is 2. The van der Waals surface area contributed by atoms with E-state index in [4.69, 9.17) is 11.6 Å². The van der Waals surface area contributed by atoms with E-state index in [0.717, 1.165) is 22.0 Å². The summed E-state index contributed by atoms with van der Waals surface area (Å²) in [5, 5.41) is 4.70. The van der Waals surface area contributed by atoms with Gasteiger partial charge in [0, 0.05) is 22.5 Å². The minimum atomic E-state index is -0.289. The van der Waals surface area contributed by atoms with Crippen LogP contribution in [0.3, 0.4) is 0 Å². The number of halogens is 2. The monoisotopic (exact) mass is 326 g/mol. The Bertz CT molecular complexity index is 1010. The molecule has 0 spiro atoms. The van der Waals surface area contributed by atoms with Crippen LogP contribution in [0.2, 0.25) is 5.02 Å². The molecule has 4 rings (SSSR count). The average molecular weight is 327 g/mol. The summed E-state index contributed by atoms with van der Waals surface area (Å²) in [4.78, 5) is 11.8. The zero-order chi connectivity index (χ0) is 15.8. The lowest BCUT2D eigenvalue weighted by molar-refractivity contribution is 0.630. The first-order valence-electron chi connectivity index (χ1n) is 7.11. The number of rotatable bonds is 3. The Morgan fingerprint density at radius 3 is 2.87 bits per heavy atom. The number of nitrogens with zero attached hydrogens (tertiary/aromatic N) is 2. The highest BCUT2D eigenvalue weighted by molar-refractivity contribution is 6.31. The highest BCUT2D eigenvalue weighted by Crippen LogP contribution is 2.28. The molecule has 4 aromatic rings. The van der Waals surface area contributed by atoms with Crippen molar-refractivity contribution < 1.29 is 4.39 Å². The van der Waals surface area contributed by atoms with Gasteiger partial charge in [-0.1, -0.05) is 29.8 Å². The molecule has 2 aromatic carbocycles. The van der Waals surface area contributed by atoms with Crippen LogP contribution >= 0.6 is 11.6 Å². The summed E-state index contributed by atoms with van der Waals surface area (Å²) < 4.78 is 13.5. The van der Waals surface area contributed by atoms with E-state index in [1.807, 2.05) is 24.3 Å². The number of aromatic nitrogens is 3. The SMILES string of the molecule is Fc1ccc2[nH]c3c(NCc4ccccc4Cl)ncnc3c2c1. The van der Waals surface area contributed by atoms with Gasteiger partial charge in [0.05, 0.1) is 0 Å². The topological polar surface area (TPSA) is 53.6 Å². The maximum atomic E-state index is 13.5. The molecule has 0 saturated carbocycles.